The fourth-order valence-electron chi connectivity index (χ4n) is 3.59. The van der Waals surface area contributed by atoms with E-state index in [1.807, 2.05) is 0 Å². The van der Waals surface area contributed by atoms with E-state index in [4.69, 9.17) is 18.8 Å². The Hall–Kier alpha value is -1.61. The predicted octanol–water partition coefficient (Wildman–Crippen LogP) is -2.90. The number of rotatable bonds is 8. The van der Waals surface area contributed by atoms with E-state index in [1.165, 1.54) is 31.2 Å². The summed E-state index contributed by atoms with van der Waals surface area (Å²) in [5.41, 5.74) is -0.799. The molecule has 0 radical (unpaired) electrons. The smallest absolute Gasteiger partial charge is 0.462 e. The normalized spacial score (nSPS) is 37.3. The molecule has 2 saturated heterocycles. The van der Waals surface area contributed by atoms with Crippen molar-refractivity contribution in [1.29, 1.82) is 0 Å². The second-order valence-corrected chi connectivity index (χ2v) is 10.6. The summed E-state index contributed by atoms with van der Waals surface area (Å²) in [4.78, 5) is 0. The van der Waals surface area contributed by atoms with Gasteiger partial charge >= 0.3 is 10.4 Å². The Labute approximate surface area is 215 Å². The van der Waals surface area contributed by atoms with Crippen molar-refractivity contribution < 1.29 is 67.2 Å². The molecule has 3 rings (SSSR count). The van der Waals surface area contributed by atoms with Gasteiger partial charge in [-0.15, -0.1) is 0 Å². The molecule has 0 spiro atoms. The summed E-state index contributed by atoms with van der Waals surface area (Å²) in [5.74, 6) is 0.220. The minimum atomic E-state index is -4.97. The lowest BCUT2D eigenvalue weighted by Gasteiger charge is -2.39. The zero-order chi connectivity index (χ0) is 27.5. The van der Waals surface area contributed by atoms with Crippen LogP contribution in [-0.4, -0.2) is 121 Å². The van der Waals surface area contributed by atoms with Gasteiger partial charge in [0.1, 0.15) is 59.0 Å². The summed E-state index contributed by atoms with van der Waals surface area (Å²) in [5, 5.41) is 72.5. The SMILES string of the molecule is C[C@@H]1O[C@@H](Oc2ccc(CC(=NOS(=O)(=O)O)S[C@@H]3O[C@H](CO)[C@@H](O)[C@H](O)[C@H]3O)cc2)[C@H](O)[C@H](O)[C@H]1O. The Balaban J connectivity index is 1.72. The molecule has 0 bridgehead atoms. The predicted molar refractivity (Wildman–Crippen MR) is 125 cm³/mol. The molecule has 37 heavy (non-hydrogen) atoms. The van der Waals surface area contributed by atoms with Crippen LogP contribution in [0.15, 0.2) is 29.4 Å². The molecule has 15 nitrogen and oxygen atoms in total. The molecule has 8 N–H and O–H groups in total. The van der Waals surface area contributed by atoms with Crippen molar-refractivity contribution in [3.63, 3.8) is 0 Å². The largest absolute Gasteiger partial charge is 0.466 e. The van der Waals surface area contributed by atoms with Gasteiger partial charge in [-0.05, 0) is 24.6 Å². The van der Waals surface area contributed by atoms with Gasteiger partial charge in [0.25, 0.3) is 0 Å². The molecule has 0 saturated carbocycles. The first kappa shape index (κ1) is 29.9. The maximum Gasteiger partial charge on any atom is 0.466 e. The van der Waals surface area contributed by atoms with Crippen LogP contribution in [0, 0.1) is 0 Å². The molecule has 1 aromatic carbocycles. The van der Waals surface area contributed by atoms with E-state index < -0.39 is 77.6 Å². The Bertz CT molecular complexity index is 1020. The molecule has 2 aliphatic heterocycles. The van der Waals surface area contributed by atoms with E-state index in [0.29, 0.717) is 17.3 Å². The van der Waals surface area contributed by atoms with Crippen LogP contribution in [-0.2, 0) is 30.6 Å². The fourth-order valence-corrected chi connectivity index (χ4v) is 4.92. The molecule has 0 aromatic heterocycles. The van der Waals surface area contributed by atoms with Gasteiger partial charge in [0.15, 0.2) is 0 Å². The average molecular weight is 572 g/mol. The van der Waals surface area contributed by atoms with Crippen LogP contribution in [0.5, 0.6) is 5.75 Å². The quantitative estimate of drug-likeness (QED) is 0.0675. The molecule has 2 heterocycles. The van der Waals surface area contributed by atoms with Gasteiger partial charge in [0.05, 0.1) is 12.7 Å². The number of thioether (sulfide) groups is 1. The lowest BCUT2D eigenvalue weighted by Crippen LogP contribution is -2.58. The lowest BCUT2D eigenvalue weighted by molar-refractivity contribution is -0.268. The highest BCUT2D eigenvalue weighted by Crippen LogP contribution is 2.31. The number of aliphatic hydroxyl groups excluding tert-OH is 7. The second-order valence-electron chi connectivity index (χ2n) is 8.42. The van der Waals surface area contributed by atoms with Crippen molar-refractivity contribution in [2.75, 3.05) is 6.61 Å². The molecule has 210 valence electrons. The molecule has 0 unspecified atom stereocenters. The van der Waals surface area contributed by atoms with E-state index in [-0.39, 0.29) is 17.2 Å². The zero-order valence-electron chi connectivity index (χ0n) is 19.3. The number of oxime groups is 1. The van der Waals surface area contributed by atoms with E-state index in [9.17, 15) is 44.2 Å². The van der Waals surface area contributed by atoms with Crippen LogP contribution < -0.4 is 4.74 Å². The van der Waals surface area contributed by atoms with E-state index >= 15 is 0 Å². The van der Waals surface area contributed by atoms with E-state index in [1.54, 1.807) is 0 Å². The van der Waals surface area contributed by atoms with Gasteiger partial charge in [0.2, 0.25) is 6.29 Å². The van der Waals surface area contributed by atoms with Crippen LogP contribution in [0.4, 0.5) is 0 Å². The van der Waals surface area contributed by atoms with Crippen LogP contribution in [0.25, 0.3) is 0 Å². The van der Waals surface area contributed by atoms with E-state index in [2.05, 4.69) is 9.44 Å². The highest BCUT2D eigenvalue weighted by molar-refractivity contribution is 8.14. The number of ether oxygens (including phenoxy) is 3. The third-order valence-electron chi connectivity index (χ3n) is 5.67. The van der Waals surface area contributed by atoms with Crippen LogP contribution >= 0.6 is 11.8 Å². The van der Waals surface area contributed by atoms with Crippen LogP contribution in [0.2, 0.25) is 0 Å². The summed E-state index contributed by atoms with van der Waals surface area (Å²) >= 11 is 0.627. The van der Waals surface area contributed by atoms with Crippen molar-refractivity contribution in [1.82, 2.24) is 0 Å². The van der Waals surface area contributed by atoms with Gasteiger partial charge in [-0.3, -0.25) is 4.55 Å². The molecule has 17 heteroatoms. The van der Waals surface area contributed by atoms with Gasteiger partial charge in [0, 0.05) is 6.42 Å². The summed E-state index contributed by atoms with van der Waals surface area (Å²) in [6.45, 7) is 0.827. The van der Waals surface area contributed by atoms with Crippen molar-refractivity contribution in [3.8, 4) is 5.75 Å². The van der Waals surface area contributed by atoms with Crippen molar-refractivity contribution in [2.45, 2.75) is 73.9 Å². The third kappa shape index (κ3) is 7.71. The molecule has 0 amide bonds. The minimum absolute atomic E-state index is 0.125. The molecular formula is C20H29NO14S2. The Morgan fingerprint density at radius 1 is 0.946 bits per heavy atom. The molecular weight excluding hydrogens is 542 g/mol. The fraction of sp³-hybridized carbons (Fsp3) is 0.650. The first-order valence-electron chi connectivity index (χ1n) is 11.0. The lowest BCUT2D eigenvalue weighted by atomic mass is 10.00. The standard InChI is InChI=1S/C20H29NO14S2/c1-8-13(23)15(25)17(27)19(32-8)33-10-4-2-9(3-5-10)6-12(21-35-37(29,30)31)36-20-18(28)16(26)14(24)11(7-22)34-20/h2-5,8,11,13-20,22-28H,6-7H2,1H3,(H,29,30,31)/t8-,11+,13-,14+,15+,16-,17+,18+,19-,20-/m0/s1. The molecule has 1 aromatic rings. The van der Waals surface area contributed by atoms with Gasteiger partial charge in [-0.25, -0.2) is 4.28 Å². The highest BCUT2D eigenvalue weighted by Gasteiger charge is 2.45. The van der Waals surface area contributed by atoms with Crippen molar-refractivity contribution >= 4 is 27.2 Å². The van der Waals surface area contributed by atoms with Crippen molar-refractivity contribution in [3.05, 3.63) is 29.8 Å². The van der Waals surface area contributed by atoms with Gasteiger partial charge < -0.3 is 50.0 Å². The first-order chi connectivity index (χ1) is 17.3. The van der Waals surface area contributed by atoms with Crippen LogP contribution in [0.1, 0.15) is 12.5 Å². The number of nitrogens with zero attached hydrogens (tertiary/aromatic N) is 1. The monoisotopic (exact) mass is 571 g/mol. The molecule has 10 atom stereocenters. The third-order valence-corrected chi connectivity index (χ3v) is 7.05. The number of hydrogen-bond acceptors (Lipinski definition) is 15. The number of hydrogen-bond donors (Lipinski definition) is 8. The Morgan fingerprint density at radius 3 is 2.16 bits per heavy atom. The Kier molecular flexibility index (Phi) is 10.1. The molecule has 0 aliphatic carbocycles. The van der Waals surface area contributed by atoms with Crippen LogP contribution in [0.3, 0.4) is 0 Å². The van der Waals surface area contributed by atoms with Crippen molar-refractivity contribution in [2.24, 2.45) is 5.16 Å². The van der Waals surface area contributed by atoms with Gasteiger partial charge in [-0.1, -0.05) is 29.1 Å². The summed E-state index contributed by atoms with van der Waals surface area (Å²) in [7, 11) is -4.97. The number of benzene rings is 1. The average Bonchev–Trinajstić information content (AvgIpc) is 2.85. The highest BCUT2D eigenvalue weighted by atomic mass is 32.3. The number of aliphatic hydroxyl groups is 7. The van der Waals surface area contributed by atoms with Gasteiger partial charge in [-0.2, -0.15) is 8.42 Å². The Morgan fingerprint density at radius 2 is 1.57 bits per heavy atom. The summed E-state index contributed by atoms with van der Waals surface area (Å²) in [6, 6.07) is 5.98. The maximum absolute atomic E-state index is 11.0. The zero-order valence-corrected chi connectivity index (χ0v) is 20.9. The van der Waals surface area contributed by atoms with E-state index in [0.717, 1.165) is 0 Å². The summed E-state index contributed by atoms with van der Waals surface area (Å²) < 4.78 is 51.3. The minimum Gasteiger partial charge on any atom is -0.462 e. The summed E-state index contributed by atoms with van der Waals surface area (Å²) in [6.07, 6.45) is -12.6. The second kappa shape index (κ2) is 12.5. The topological polar surface area (TPSA) is 245 Å². The first-order valence-corrected chi connectivity index (χ1v) is 13.2. The maximum atomic E-state index is 11.0. The molecule has 2 aliphatic rings. The molecule has 2 fully saturated rings.